The number of hydrogen-bond donors (Lipinski definition) is 2. The van der Waals surface area contributed by atoms with Crippen LogP contribution in [-0.4, -0.2) is 36.8 Å². The van der Waals surface area contributed by atoms with Gasteiger partial charge in [-0.05, 0) is 30.5 Å². The van der Waals surface area contributed by atoms with Crippen molar-refractivity contribution in [1.29, 1.82) is 0 Å². The Bertz CT molecular complexity index is 1090. The van der Waals surface area contributed by atoms with Crippen LogP contribution in [0.25, 0.3) is 10.8 Å². The van der Waals surface area contributed by atoms with Gasteiger partial charge in [-0.2, -0.15) is 0 Å². The monoisotopic (exact) mass is 402 g/mol. The third kappa shape index (κ3) is 4.10. The molecule has 0 fully saturated rings. The number of nitrogens with one attached hydrogen (secondary N) is 2. The first kappa shape index (κ1) is 19.4. The maximum Gasteiger partial charge on any atom is 0.288 e. The van der Waals surface area contributed by atoms with Crippen LogP contribution in [0.15, 0.2) is 77.8 Å². The number of benzene rings is 3. The van der Waals surface area contributed by atoms with Crippen molar-refractivity contribution in [2.24, 2.45) is 4.99 Å². The molecule has 0 saturated carbocycles. The van der Waals surface area contributed by atoms with Gasteiger partial charge in [0.15, 0.2) is 0 Å². The Hall–Kier alpha value is -3.87. The molecular weight excluding hydrogens is 380 g/mol. The number of hydrogen-bond acceptors (Lipinski definition) is 5. The van der Waals surface area contributed by atoms with E-state index in [-0.39, 0.29) is 11.7 Å². The number of carbonyl (C=O) groups excluding carboxylic acids is 2. The molecule has 2 N–H and O–H groups in total. The molecule has 4 rings (SSSR count). The molecule has 1 heterocycles. The van der Waals surface area contributed by atoms with Crippen LogP contribution in [0.5, 0.6) is 5.75 Å². The molecule has 3 aromatic rings. The van der Waals surface area contributed by atoms with E-state index in [1.54, 1.807) is 19.1 Å². The molecule has 30 heavy (non-hydrogen) atoms. The fraction of sp³-hybridized carbons (Fsp3) is 0.174. The summed E-state index contributed by atoms with van der Waals surface area (Å²) in [7, 11) is 0. The van der Waals surface area contributed by atoms with Crippen LogP contribution in [0.3, 0.4) is 0 Å². The molecule has 0 saturated heterocycles. The lowest BCUT2D eigenvalue weighted by Crippen LogP contribution is -2.58. The maximum absolute atomic E-state index is 12.6. The fourth-order valence-electron chi connectivity index (χ4n) is 3.23. The number of rotatable bonds is 6. The summed E-state index contributed by atoms with van der Waals surface area (Å²) in [6.45, 7) is 2.27. The molecule has 7 nitrogen and oxygen atoms in total. The van der Waals surface area contributed by atoms with Gasteiger partial charge in [-0.25, -0.2) is 10.0 Å². The normalized spacial score (nSPS) is 16.0. The van der Waals surface area contributed by atoms with E-state index in [1.807, 2.05) is 60.7 Å². The summed E-state index contributed by atoms with van der Waals surface area (Å²) in [6, 6.07) is 22.3. The zero-order chi connectivity index (χ0) is 20.9. The van der Waals surface area contributed by atoms with Crippen molar-refractivity contribution in [3.63, 3.8) is 0 Å². The van der Waals surface area contributed by atoms with Crippen molar-refractivity contribution in [3.05, 3.63) is 72.8 Å². The average Bonchev–Trinajstić information content (AvgIpc) is 2.79. The van der Waals surface area contributed by atoms with Gasteiger partial charge in [0.25, 0.3) is 11.8 Å². The largest absolute Gasteiger partial charge is 0.491 e. The number of carbonyl (C=O) groups is 2. The Morgan fingerprint density at radius 2 is 1.80 bits per heavy atom. The summed E-state index contributed by atoms with van der Waals surface area (Å²) in [5.74, 6) is 0.245. The van der Waals surface area contributed by atoms with Gasteiger partial charge in [-0.15, -0.1) is 0 Å². The van der Waals surface area contributed by atoms with Crippen molar-refractivity contribution in [1.82, 2.24) is 10.7 Å². The minimum atomic E-state index is -0.654. The summed E-state index contributed by atoms with van der Waals surface area (Å²) < 4.78 is 5.85. The standard InChI is InChI=1S/C23H22N4O3/c1-16-23(29)27(18-10-3-2-4-11-18)26-21(25-16)22(28)24-14-15-30-20-13-7-9-17-8-5-6-12-19(17)20/h2-13,16H,14-15H2,1H3,(H,24,28)(H,25,26). The highest BCUT2D eigenvalue weighted by atomic mass is 16.5. The van der Waals surface area contributed by atoms with Crippen LogP contribution in [0.2, 0.25) is 0 Å². The molecule has 0 bridgehead atoms. The van der Waals surface area contributed by atoms with E-state index >= 15 is 0 Å². The lowest BCUT2D eigenvalue weighted by molar-refractivity contribution is -0.120. The van der Waals surface area contributed by atoms with E-state index in [2.05, 4.69) is 15.7 Å². The number of anilines is 1. The topological polar surface area (TPSA) is 83.0 Å². The Balaban J connectivity index is 1.35. The number of aliphatic imine (C=N–C) groups is 1. The van der Waals surface area contributed by atoms with Crippen molar-refractivity contribution >= 4 is 34.1 Å². The third-order valence-corrected chi connectivity index (χ3v) is 4.74. The Morgan fingerprint density at radius 1 is 1.07 bits per heavy atom. The molecule has 2 amide bonds. The van der Waals surface area contributed by atoms with Gasteiger partial charge >= 0.3 is 0 Å². The van der Waals surface area contributed by atoms with Crippen LogP contribution in [0, 0.1) is 0 Å². The first-order valence-electron chi connectivity index (χ1n) is 9.76. The van der Waals surface area contributed by atoms with Crippen LogP contribution >= 0.6 is 0 Å². The number of hydrazine groups is 1. The van der Waals surface area contributed by atoms with Gasteiger partial charge in [-0.3, -0.25) is 15.0 Å². The van der Waals surface area contributed by atoms with Crippen LogP contribution in [0.1, 0.15) is 6.92 Å². The van der Waals surface area contributed by atoms with E-state index in [4.69, 9.17) is 4.74 Å². The third-order valence-electron chi connectivity index (χ3n) is 4.74. The second kappa shape index (κ2) is 8.65. The molecule has 1 aliphatic heterocycles. The Morgan fingerprint density at radius 3 is 2.63 bits per heavy atom. The zero-order valence-corrected chi connectivity index (χ0v) is 16.5. The predicted octanol–water partition coefficient (Wildman–Crippen LogP) is 2.67. The van der Waals surface area contributed by atoms with Gasteiger partial charge in [0, 0.05) is 5.39 Å². The molecule has 1 atom stereocenters. The van der Waals surface area contributed by atoms with E-state index in [0.717, 1.165) is 16.5 Å². The summed E-state index contributed by atoms with van der Waals surface area (Å²) in [4.78, 5) is 29.2. The molecule has 0 aromatic heterocycles. The maximum atomic E-state index is 12.6. The summed E-state index contributed by atoms with van der Waals surface area (Å²) >= 11 is 0. The second-order valence-electron chi connectivity index (χ2n) is 6.86. The molecule has 7 heteroatoms. The van der Waals surface area contributed by atoms with Crippen LogP contribution < -0.4 is 20.5 Å². The second-order valence-corrected chi connectivity index (χ2v) is 6.86. The van der Waals surface area contributed by atoms with Gasteiger partial charge in [0.2, 0.25) is 5.84 Å². The number of nitrogens with zero attached hydrogens (tertiary/aromatic N) is 2. The number of para-hydroxylation sites is 1. The van der Waals surface area contributed by atoms with Crippen molar-refractivity contribution in [3.8, 4) is 5.75 Å². The number of amides is 2. The number of amidine groups is 1. The van der Waals surface area contributed by atoms with Crippen LogP contribution in [-0.2, 0) is 9.59 Å². The quantitative estimate of drug-likeness (QED) is 0.621. The molecule has 1 unspecified atom stereocenters. The first-order chi connectivity index (χ1) is 14.6. The molecule has 1 aliphatic rings. The number of ether oxygens (including phenoxy) is 1. The van der Waals surface area contributed by atoms with E-state index in [0.29, 0.717) is 18.8 Å². The highest BCUT2D eigenvalue weighted by Gasteiger charge is 2.30. The van der Waals surface area contributed by atoms with Crippen molar-refractivity contribution in [2.75, 3.05) is 18.2 Å². The molecule has 0 aliphatic carbocycles. The van der Waals surface area contributed by atoms with Crippen LogP contribution in [0.4, 0.5) is 5.69 Å². The highest BCUT2D eigenvalue weighted by Crippen LogP contribution is 2.24. The minimum Gasteiger partial charge on any atom is -0.491 e. The Kier molecular flexibility index (Phi) is 5.61. The van der Waals surface area contributed by atoms with Gasteiger partial charge in [0.05, 0.1) is 12.2 Å². The first-order valence-corrected chi connectivity index (χ1v) is 9.76. The van der Waals surface area contributed by atoms with Gasteiger partial charge in [0.1, 0.15) is 18.4 Å². The number of fused-ring (bicyclic) bond motifs is 1. The lowest BCUT2D eigenvalue weighted by atomic mass is 10.1. The Labute approximate surface area is 174 Å². The SMILES string of the molecule is CC1N=C(C(=O)NCCOc2cccc3ccccc23)NN(c2ccccc2)C1=O. The molecule has 3 aromatic carbocycles. The van der Waals surface area contributed by atoms with Gasteiger partial charge < -0.3 is 10.1 Å². The van der Waals surface area contributed by atoms with Gasteiger partial charge in [-0.1, -0.05) is 54.6 Å². The van der Waals surface area contributed by atoms with E-state index in [9.17, 15) is 9.59 Å². The fourth-order valence-corrected chi connectivity index (χ4v) is 3.23. The molecule has 152 valence electrons. The summed E-state index contributed by atoms with van der Waals surface area (Å²) in [5.41, 5.74) is 3.46. The summed E-state index contributed by atoms with van der Waals surface area (Å²) in [5, 5.41) is 6.25. The van der Waals surface area contributed by atoms with Crippen molar-refractivity contribution < 1.29 is 14.3 Å². The smallest absolute Gasteiger partial charge is 0.288 e. The zero-order valence-electron chi connectivity index (χ0n) is 16.5. The minimum absolute atomic E-state index is 0.0936. The highest BCUT2D eigenvalue weighted by molar-refractivity contribution is 6.39. The lowest BCUT2D eigenvalue weighted by Gasteiger charge is -2.30. The van der Waals surface area contributed by atoms with Crippen molar-refractivity contribution in [2.45, 2.75) is 13.0 Å². The molecule has 0 spiro atoms. The van der Waals surface area contributed by atoms with E-state index in [1.165, 1.54) is 5.01 Å². The average molecular weight is 402 g/mol. The summed E-state index contributed by atoms with van der Waals surface area (Å²) in [6.07, 6.45) is 0. The molecule has 0 radical (unpaired) electrons. The predicted molar refractivity (Wildman–Crippen MR) is 116 cm³/mol. The molecular formula is C23H22N4O3. The van der Waals surface area contributed by atoms with E-state index < -0.39 is 11.9 Å².